The van der Waals surface area contributed by atoms with Gasteiger partial charge in [0.1, 0.15) is 5.60 Å². The fourth-order valence-electron chi connectivity index (χ4n) is 0.595. The number of carbonyl (C=O) groups excluding carboxylic acids is 1. The molecule has 0 spiro atoms. The number of esters is 1. The van der Waals surface area contributed by atoms with Crippen LogP contribution in [0, 0.1) is 0 Å². The first kappa shape index (κ1) is 11.7. The van der Waals surface area contributed by atoms with Crippen LogP contribution >= 0.6 is 0 Å². The van der Waals surface area contributed by atoms with Gasteiger partial charge in [-0.3, -0.25) is 9.59 Å². The van der Waals surface area contributed by atoms with Crippen molar-refractivity contribution in [3.8, 4) is 0 Å². The molecule has 0 amide bonds. The molecule has 0 aliphatic carbocycles. The van der Waals surface area contributed by atoms with E-state index in [9.17, 15) is 9.59 Å². The summed E-state index contributed by atoms with van der Waals surface area (Å²) in [6, 6.07) is 0. The normalized spacial score (nSPS) is 10.6. The number of carboxylic acids is 1. The highest BCUT2D eigenvalue weighted by molar-refractivity contribution is 5.76. The van der Waals surface area contributed by atoms with E-state index in [0.29, 0.717) is 0 Å². The van der Waals surface area contributed by atoms with Crippen LogP contribution in [0.3, 0.4) is 0 Å². The maximum Gasteiger partial charge on any atom is 0.307 e. The molecular formula is C9H14O4. The summed E-state index contributed by atoms with van der Waals surface area (Å²) in [5.41, 5.74) is -0.727. The first-order valence-electron chi connectivity index (χ1n) is 3.94. The van der Waals surface area contributed by atoms with Crippen LogP contribution < -0.4 is 0 Å². The molecule has 0 heterocycles. The molecule has 0 aliphatic rings. The molecule has 4 nitrogen and oxygen atoms in total. The second-order valence-electron chi connectivity index (χ2n) is 3.18. The molecule has 1 N–H and O–H groups in total. The topological polar surface area (TPSA) is 63.6 Å². The van der Waals surface area contributed by atoms with Gasteiger partial charge in [0.2, 0.25) is 0 Å². The third kappa shape index (κ3) is 5.90. The van der Waals surface area contributed by atoms with Crippen molar-refractivity contribution in [2.24, 2.45) is 0 Å². The average Bonchev–Trinajstić information content (AvgIpc) is 2.00. The second-order valence-corrected chi connectivity index (χ2v) is 3.18. The maximum atomic E-state index is 11.0. The summed E-state index contributed by atoms with van der Waals surface area (Å²) in [6.45, 7) is 6.85. The molecule has 0 fully saturated rings. The minimum Gasteiger partial charge on any atom is -0.481 e. The predicted molar refractivity (Wildman–Crippen MR) is 47.2 cm³/mol. The second kappa shape index (κ2) is 4.64. The quantitative estimate of drug-likeness (QED) is 0.520. The highest BCUT2D eigenvalue weighted by atomic mass is 16.6. The Labute approximate surface area is 77.2 Å². The number of hydrogen-bond donors (Lipinski definition) is 1. The zero-order chi connectivity index (χ0) is 10.5. The molecule has 0 aromatic carbocycles. The Hall–Kier alpha value is -1.32. The number of carbonyl (C=O) groups is 2. The van der Waals surface area contributed by atoms with E-state index >= 15 is 0 Å². The van der Waals surface area contributed by atoms with Gasteiger partial charge in [0.15, 0.2) is 0 Å². The number of ether oxygens (including phenoxy) is 1. The van der Waals surface area contributed by atoms with E-state index in [4.69, 9.17) is 9.84 Å². The van der Waals surface area contributed by atoms with Crippen molar-refractivity contribution in [3.63, 3.8) is 0 Å². The van der Waals surface area contributed by atoms with Crippen molar-refractivity contribution in [2.45, 2.75) is 32.3 Å². The van der Waals surface area contributed by atoms with Crippen molar-refractivity contribution in [2.75, 3.05) is 0 Å². The van der Waals surface area contributed by atoms with E-state index in [-0.39, 0.29) is 12.8 Å². The summed E-state index contributed by atoms with van der Waals surface area (Å²) in [4.78, 5) is 21.1. The van der Waals surface area contributed by atoms with Crippen LogP contribution in [0.15, 0.2) is 12.7 Å². The van der Waals surface area contributed by atoms with Crippen LogP contribution in [-0.2, 0) is 14.3 Å². The highest BCUT2D eigenvalue weighted by Crippen LogP contribution is 2.11. The van der Waals surface area contributed by atoms with Crippen molar-refractivity contribution in [1.82, 2.24) is 0 Å². The van der Waals surface area contributed by atoms with Gasteiger partial charge in [0.05, 0.1) is 12.8 Å². The summed E-state index contributed by atoms with van der Waals surface area (Å²) in [5.74, 6) is -1.53. The molecule has 0 radical (unpaired) electrons. The van der Waals surface area contributed by atoms with Gasteiger partial charge in [-0.05, 0) is 19.9 Å². The molecule has 0 bridgehead atoms. The molecule has 74 valence electrons. The van der Waals surface area contributed by atoms with Gasteiger partial charge in [0, 0.05) is 0 Å². The Morgan fingerprint density at radius 2 is 2.00 bits per heavy atom. The summed E-state index contributed by atoms with van der Waals surface area (Å²) < 4.78 is 4.92. The summed E-state index contributed by atoms with van der Waals surface area (Å²) in [7, 11) is 0. The highest BCUT2D eigenvalue weighted by Gasteiger charge is 2.18. The molecule has 0 saturated heterocycles. The summed E-state index contributed by atoms with van der Waals surface area (Å²) in [5, 5.41) is 8.29. The summed E-state index contributed by atoms with van der Waals surface area (Å²) in [6.07, 6.45) is 1.18. The van der Waals surface area contributed by atoms with Gasteiger partial charge >= 0.3 is 11.9 Å². The van der Waals surface area contributed by atoms with Crippen molar-refractivity contribution in [3.05, 3.63) is 12.7 Å². The molecule has 13 heavy (non-hydrogen) atoms. The lowest BCUT2D eigenvalue weighted by molar-refractivity contribution is -0.155. The predicted octanol–water partition coefficient (Wildman–Crippen LogP) is 1.36. The van der Waals surface area contributed by atoms with Crippen LogP contribution in [0.5, 0.6) is 0 Å². The largest absolute Gasteiger partial charge is 0.481 e. The Morgan fingerprint density at radius 1 is 1.46 bits per heavy atom. The molecule has 0 aromatic heterocycles. The first-order valence-corrected chi connectivity index (χ1v) is 3.94. The van der Waals surface area contributed by atoms with Crippen LogP contribution in [-0.4, -0.2) is 22.6 Å². The van der Waals surface area contributed by atoms with Gasteiger partial charge in [-0.2, -0.15) is 0 Å². The van der Waals surface area contributed by atoms with E-state index in [0.717, 1.165) is 0 Å². The fourth-order valence-corrected chi connectivity index (χ4v) is 0.595. The maximum absolute atomic E-state index is 11.0. The standard InChI is InChI=1S/C9H14O4/c1-4-9(2,3)13-8(12)6-5-7(10)11/h4H,1,5-6H2,2-3H3,(H,10,11). The Bertz CT molecular complexity index is 218. The fraction of sp³-hybridized carbons (Fsp3) is 0.556. The smallest absolute Gasteiger partial charge is 0.307 e. The lowest BCUT2D eigenvalue weighted by atomic mass is 10.1. The SMILES string of the molecule is C=CC(C)(C)OC(=O)CCC(=O)O. The zero-order valence-electron chi connectivity index (χ0n) is 7.87. The van der Waals surface area contributed by atoms with Gasteiger partial charge in [-0.25, -0.2) is 0 Å². The molecule has 0 aliphatic heterocycles. The molecule has 0 saturated carbocycles. The minimum atomic E-state index is -1.01. The molecule has 0 rings (SSSR count). The molecule has 0 atom stereocenters. The minimum absolute atomic E-state index is 0.105. The third-order valence-electron chi connectivity index (χ3n) is 1.41. The van der Waals surface area contributed by atoms with E-state index in [1.54, 1.807) is 13.8 Å². The van der Waals surface area contributed by atoms with E-state index < -0.39 is 17.5 Å². The van der Waals surface area contributed by atoms with Crippen LogP contribution in [0.2, 0.25) is 0 Å². The van der Waals surface area contributed by atoms with Crippen LogP contribution in [0.1, 0.15) is 26.7 Å². The van der Waals surface area contributed by atoms with Crippen LogP contribution in [0.4, 0.5) is 0 Å². The van der Waals surface area contributed by atoms with E-state index in [1.165, 1.54) is 6.08 Å². The number of hydrogen-bond acceptors (Lipinski definition) is 3. The third-order valence-corrected chi connectivity index (χ3v) is 1.41. The Morgan fingerprint density at radius 3 is 2.38 bits per heavy atom. The van der Waals surface area contributed by atoms with Crippen molar-refractivity contribution < 1.29 is 19.4 Å². The van der Waals surface area contributed by atoms with E-state index in [1.807, 2.05) is 0 Å². The van der Waals surface area contributed by atoms with Crippen LogP contribution in [0.25, 0.3) is 0 Å². The first-order chi connectivity index (χ1) is 5.87. The number of aliphatic carboxylic acids is 1. The van der Waals surface area contributed by atoms with E-state index in [2.05, 4.69) is 6.58 Å². The molecule has 0 aromatic rings. The van der Waals surface area contributed by atoms with Gasteiger partial charge in [-0.1, -0.05) is 6.58 Å². The average molecular weight is 186 g/mol. The Kier molecular flexibility index (Phi) is 4.17. The van der Waals surface area contributed by atoms with Gasteiger partial charge in [-0.15, -0.1) is 0 Å². The lowest BCUT2D eigenvalue weighted by Gasteiger charge is -2.20. The zero-order valence-corrected chi connectivity index (χ0v) is 7.87. The number of rotatable bonds is 5. The number of carboxylic acid groups (broad SMARTS) is 1. The van der Waals surface area contributed by atoms with Gasteiger partial charge in [0.25, 0.3) is 0 Å². The van der Waals surface area contributed by atoms with Crippen molar-refractivity contribution >= 4 is 11.9 Å². The molecule has 0 unspecified atom stereocenters. The Balaban J connectivity index is 3.88. The van der Waals surface area contributed by atoms with Crippen molar-refractivity contribution in [1.29, 1.82) is 0 Å². The van der Waals surface area contributed by atoms with Gasteiger partial charge < -0.3 is 9.84 Å². The monoisotopic (exact) mass is 186 g/mol. The molecular weight excluding hydrogens is 172 g/mol. The lowest BCUT2D eigenvalue weighted by Crippen LogP contribution is -2.25. The molecule has 4 heteroatoms. The summed E-state index contributed by atoms with van der Waals surface area (Å²) >= 11 is 0.